The molecule has 0 saturated heterocycles. The highest BCUT2D eigenvalue weighted by molar-refractivity contribution is 6.33. The molecule has 0 radical (unpaired) electrons. The summed E-state index contributed by atoms with van der Waals surface area (Å²) in [5, 5.41) is 2.99. The fourth-order valence-electron chi connectivity index (χ4n) is 3.32. The summed E-state index contributed by atoms with van der Waals surface area (Å²) in [5.41, 5.74) is 3.93. The predicted octanol–water partition coefficient (Wildman–Crippen LogP) is 5.24. The van der Waals surface area contributed by atoms with Gasteiger partial charge in [-0.3, -0.25) is 0 Å². The minimum absolute atomic E-state index is 0.190. The lowest BCUT2D eigenvalue weighted by Crippen LogP contribution is -2.16. The molecule has 104 valence electrons. The number of aromatic nitrogens is 2. The maximum absolute atomic E-state index is 6.37. The first-order valence-corrected chi connectivity index (χ1v) is 7.52. The van der Waals surface area contributed by atoms with Crippen LogP contribution in [0.4, 0.5) is 0 Å². The van der Waals surface area contributed by atoms with Crippen LogP contribution in [-0.4, -0.2) is 9.97 Å². The molecule has 3 aromatic rings. The number of hydrogen-bond donors (Lipinski definition) is 0. The van der Waals surface area contributed by atoms with Crippen LogP contribution in [-0.2, 0) is 5.41 Å². The van der Waals surface area contributed by atoms with E-state index in [2.05, 4.69) is 48.1 Å². The summed E-state index contributed by atoms with van der Waals surface area (Å²) >= 11 is 12.4. The van der Waals surface area contributed by atoms with E-state index >= 15 is 0 Å². The van der Waals surface area contributed by atoms with Crippen molar-refractivity contribution in [2.45, 2.75) is 19.3 Å². The first-order chi connectivity index (χ1) is 10.00. The Bertz CT molecular complexity index is 901. The van der Waals surface area contributed by atoms with Crippen molar-refractivity contribution in [2.24, 2.45) is 0 Å². The number of hydrogen-bond acceptors (Lipinski definition) is 2. The maximum Gasteiger partial charge on any atom is 0.224 e. The van der Waals surface area contributed by atoms with Gasteiger partial charge >= 0.3 is 0 Å². The van der Waals surface area contributed by atoms with Crippen LogP contribution in [0.25, 0.3) is 22.0 Å². The third kappa shape index (κ3) is 1.66. The van der Waals surface area contributed by atoms with Crippen LogP contribution in [0.15, 0.2) is 36.4 Å². The quantitative estimate of drug-likeness (QED) is 0.418. The van der Waals surface area contributed by atoms with E-state index < -0.39 is 0 Å². The molecule has 0 spiro atoms. The molecule has 0 fully saturated rings. The summed E-state index contributed by atoms with van der Waals surface area (Å²) < 4.78 is 0. The van der Waals surface area contributed by atoms with Gasteiger partial charge in [0, 0.05) is 16.5 Å². The Morgan fingerprint density at radius 2 is 1.71 bits per heavy atom. The standard InChI is InChI=1S/C17H12Cl2N2/c1-17(2)11-8-7-9-5-3-4-6-10(9)12(11)14-13(17)15(18)21-16(19)20-14/h3-8H,1-2H3. The molecule has 0 amide bonds. The Labute approximate surface area is 132 Å². The lowest BCUT2D eigenvalue weighted by atomic mass is 9.82. The van der Waals surface area contributed by atoms with E-state index in [0.717, 1.165) is 16.8 Å². The van der Waals surface area contributed by atoms with Crippen LogP contribution in [0.2, 0.25) is 10.4 Å². The zero-order valence-corrected chi connectivity index (χ0v) is 13.1. The second kappa shape index (κ2) is 4.19. The van der Waals surface area contributed by atoms with Gasteiger partial charge in [0.1, 0.15) is 5.15 Å². The van der Waals surface area contributed by atoms with Crippen molar-refractivity contribution in [2.75, 3.05) is 0 Å². The summed E-state index contributed by atoms with van der Waals surface area (Å²) in [5.74, 6) is 0. The third-order valence-corrected chi connectivity index (χ3v) is 4.74. The number of nitrogens with zero attached hydrogens (tertiary/aromatic N) is 2. The molecule has 1 aliphatic rings. The van der Waals surface area contributed by atoms with Crippen molar-refractivity contribution in [3.63, 3.8) is 0 Å². The van der Waals surface area contributed by atoms with E-state index in [-0.39, 0.29) is 10.7 Å². The van der Waals surface area contributed by atoms with Crippen molar-refractivity contribution in [1.82, 2.24) is 9.97 Å². The maximum atomic E-state index is 6.37. The van der Waals surface area contributed by atoms with Crippen molar-refractivity contribution in [3.8, 4) is 11.3 Å². The zero-order valence-electron chi connectivity index (χ0n) is 11.6. The lowest BCUT2D eigenvalue weighted by Gasteiger charge is -2.21. The van der Waals surface area contributed by atoms with Gasteiger partial charge in [-0.15, -0.1) is 0 Å². The molecule has 4 heteroatoms. The first-order valence-electron chi connectivity index (χ1n) is 6.76. The molecule has 0 aliphatic heterocycles. The highest BCUT2D eigenvalue weighted by Gasteiger charge is 2.40. The van der Waals surface area contributed by atoms with Crippen LogP contribution in [0.3, 0.4) is 0 Å². The molecule has 2 nitrogen and oxygen atoms in total. The van der Waals surface area contributed by atoms with Gasteiger partial charge in [-0.05, 0) is 27.9 Å². The topological polar surface area (TPSA) is 25.8 Å². The lowest BCUT2D eigenvalue weighted by molar-refractivity contribution is 0.656. The molecule has 1 aromatic heterocycles. The minimum Gasteiger partial charge on any atom is -0.217 e. The van der Waals surface area contributed by atoms with Crippen LogP contribution in [0.5, 0.6) is 0 Å². The normalized spacial score (nSPS) is 15.0. The van der Waals surface area contributed by atoms with E-state index in [9.17, 15) is 0 Å². The van der Waals surface area contributed by atoms with Crippen molar-refractivity contribution < 1.29 is 0 Å². The molecular formula is C17H12Cl2N2. The fraction of sp³-hybridized carbons (Fsp3) is 0.176. The predicted molar refractivity (Wildman–Crippen MR) is 87.1 cm³/mol. The van der Waals surface area contributed by atoms with Gasteiger partial charge in [0.15, 0.2) is 0 Å². The molecule has 0 saturated carbocycles. The Balaban J connectivity index is 2.23. The molecule has 1 aliphatic carbocycles. The van der Waals surface area contributed by atoms with Gasteiger partial charge in [0.05, 0.1) is 5.69 Å². The van der Waals surface area contributed by atoms with Crippen LogP contribution in [0.1, 0.15) is 25.0 Å². The molecule has 2 aromatic carbocycles. The van der Waals surface area contributed by atoms with E-state index in [1.165, 1.54) is 16.3 Å². The van der Waals surface area contributed by atoms with Crippen LogP contribution >= 0.6 is 23.2 Å². The Hall–Kier alpha value is -1.64. The third-order valence-electron chi connectivity index (χ3n) is 4.30. The summed E-state index contributed by atoms with van der Waals surface area (Å²) in [6.45, 7) is 4.30. The SMILES string of the molecule is CC1(C)c2ccc3ccccc3c2-c2nc(Cl)nc(Cl)c21. The summed E-state index contributed by atoms with van der Waals surface area (Å²) in [7, 11) is 0. The number of rotatable bonds is 0. The first kappa shape index (κ1) is 13.1. The number of halogens is 2. The number of fused-ring (bicyclic) bond motifs is 5. The van der Waals surface area contributed by atoms with Gasteiger partial charge in [-0.2, -0.15) is 0 Å². The minimum atomic E-state index is -0.226. The molecule has 4 rings (SSSR count). The van der Waals surface area contributed by atoms with Crippen molar-refractivity contribution in [3.05, 3.63) is 58.0 Å². The summed E-state index contributed by atoms with van der Waals surface area (Å²) in [6, 6.07) is 12.6. The van der Waals surface area contributed by atoms with Crippen molar-refractivity contribution >= 4 is 34.0 Å². The largest absolute Gasteiger partial charge is 0.224 e. The zero-order chi connectivity index (χ0) is 14.8. The average molecular weight is 315 g/mol. The van der Waals surface area contributed by atoms with Crippen LogP contribution < -0.4 is 0 Å². The Kier molecular flexibility index (Phi) is 2.60. The second-order valence-corrected chi connectivity index (χ2v) is 6.54. The molecule has 0 unspecified atom stereocenters. The average Bonchev–Trinajstić information content (AvgIpc) is 2.67. The summed E-state index contributed by atoms with van der Waals surface area (Å²) in [6.07, 6.45) is 0. The smallest absolute Gasteiger partial charge is 0.217 e. The second-order valence-electron chi connectivity index (χ2n) is 5.84. The molecule has 21 heavy (non-hydrogen) atoms. The number of benzene rings is 2. The van der Waals surface area contributed by atoms with Crippen molar-refractivity contribution in [1.29, 1.82) is 0 Å². The summed E-state index contributed by atoms with van der Waals surface area (Å²) in [4.78, 5) is 8.60. The van der Waals surface area contributed by atoms with Gasteiger partial charge in [-0.25, -0.2) is 9.97 Å². The van der Waals surface area contributed by atoms with Gasteiger partial charge in [-0.1, -0.05) is 61.8 Å². The highest BCUT2D eigenvalue weighted by Crippen LogP contribution is 2.52. The monoisotopic (exact) mass is 314 g/mol. The molecule has 0 bridgehead atoms. The molecular weight excluding hydrogens is 303 g/mol. The van der Waals surface area contributed by atoms with E-state index in [1.807, 2.05) is 12.1 Å². The van der Waals surface area contributed by atoms with E-state index in [1.54, 1.807) is 0 Å². The van der Waals surface area contributed by atoms with E-state index in [4.69, 9.17) is 23.2 Å². The van der Waals surface area contributed by atoms with Gasteiger partial charge in [0.2, 0.25) is 5.28 Å². The van der Waals surface area contributed by atoms with E-state index in [0.29, 0.717) is 5.15 Å². The van der Waals surface area contributed by atoms with Crippen LogP contribution in [0, 0.1) is 0 Å². The Morgan fingerprint density at radius 1 is 0.952 bits per heavy atom. The highest BCUT2D eigenvalue weighted by atomic mass is 35.5. The van der Waals surface area contributed by atoms with Gasteiger partial charge in [0.25, 0.3) is 0 Å². The molecule has 0 atom stereocenters. The van der Waals surface area contributed by atoms with Gasteiger partial charge < -0.3 is 0 Å². The molecule has 1 heterocycles. The Morgan fingerprint density at radius 3 is 2.52 bits per heavy atom. The fourth-order valence-corrected chi connectivity index (χ4v) is 3.94. The molecule has 0 N–H and O–H groups in total.